The first-order chi connectivity index (χ1) is 7.25. The third-order valence-corrected chi connectivity index (χ3v) is 2.70. The molecule has 1 aromatic rings. The Morgan fingerprint density at radius 1 is 1.53 bits per heavy atom. The van der Waals surface area contributed by atoms with Crippen LogP contribution in [0.25, 0.3) is 0 Å². The van der Waals surface area contributed by atoms with Crippen LogP contribution in [0.2, 0.25) is 0 Å². The van der Waals surface area contributed by atoms with Crippen molar-refractivity contribution in [3.63, 3.8) is 0 Å². The van der Waals surface area contributed by atoms with Crippen LogP contribution < -0.4 is 10.5 Å². The van der Waals surface area contributed by atoms with Gasteiger partial charge in [-0.15, -0.1) is 0 Å². The van der Waals surface area contributed by atoms with Crippen LogP contribution in [0.4, 0.5) is 5.69 Å². The van der Waals surface area contributed by atoms with Gasteiger partial charge in [0, 0.05) is 12.3 Å². The van der Waals surface area contributed by atoms with Gasteiger partial charge in [-0.3, -0.25) is 0 Å². The van der Waals surface area contributed by atoms with Crippen LogP contribution in [-0.4, -0.2) is 19.3 Å². The second-order valence-corrected chi connectivity index (χ2v) is 3.96. The molecule has 1 aromatic carbocycles. The molecule has 2 rings (SSSR count). The molecule has 0 aliphatic carbocycles. The number of benzene rings is 1. The van der Waals surface area contributed by atoms with E-state index < -0.39 is 0 Å². The quantitative estimate of drug-likeness (QED) is 0.772. The molecule has 1 aliphatic rings. The van der Waals surface area contributed by atoms with Gasteiger partial charge >= 0.3 is 0 Å². The largest absolute Gasteiger partial charge is 0.491 e. The van der Waals surface area contributed by atoms with Crippen LogP contribution in [0.3, 0.4) is 0 Å². The molecule has 1 aliphatic heterocycles. The summed E-state index contributed by atoms with van der Waals surface area (Å²) in [5.74, 6) is 0.872. The van der Waals surface area contributed by atoms with E-state index in [1.807, 2.05) is 25.1 Å². The molecule has 0 amide bonds. The molecule has 1 saturated heterocycles. The summed E-state index contributed by atoms with van der Waals surface area (Å²) in [5.41, 5.74) is 7.59. The van der Waals surface area contributed by atoms with Crippen molar-refractivity contribution in [2.75, 3.05) is 18.9 Å². The van der Waals surface area contributed by atoms with E-state index in [2.05, 4.69) is 0 Å². The number of rotatable bonds is 3. The SMILES string of the molecule is Cc1cc(OC[C@H]2CCCO2)ccc1N. The summed E-state index contributed by atoms with van der Waals surface area (Å²) in [4.78, 5) is 0. The van der Waals surface area contributed by atoms with Crippen molar-refractivity contribution in [1.29, 1.82) is 0 Å². The topological polar surface area (TPSA) is 44.5 Å². The first-order valence-corrected chi connectivity index (χ1v) is 5.36. The smallest absolute Gasteiger partial charge is 0.119 e. The van der Waals surface area contributed by atoms with Gasteiger partial charge in [0.25, 0.3) is 0 Å². The molecule has 0 unspecified atom stereocenters. The highest BCUT2D eigenvalue weighted by atomic mass is 16.5. The van der Waals surface area contributed by atoms with Crippen molar-refractivity contribution < 1.29 is 9.47 Å². The average Bonchev–Trinajstić information content (AvgIpc) is 2.73. The molecule has 1 atom stereocenters. The van der Waals surface area contributed by atoms with Crippen molar-refractivity contribution in [3.8, 4) is 5.75 Å². The third kappa shape index (κ3) is 2.63. The summed E-state index contributed by atoms with van der Waals surface area (Å²) in [5, 5.41) is 0. The number of ether oxygens (including phenoxy) is 2. The van der Waals surface area contributed by atoms with Crippen molar-refractivity contribution in [3.05, 3.63) is 23.8 Å². The predicted molar refractivity (Wildman–Crippen MR) is 60.1 cm³/mol. The molecule has 0 radical (unpaired) electrons. The summed E-state index contributed by atoms with van der Waals surface area (Å²) in [6.45, 7) is 3.49. The van der Waals surface area contributed by atoms with E-state index in [-0.39, 0.29) is 6.10 Å². The molecule has 2 N–H and O–H groups in total. The lowest BCUT2D eigenvalue weighted by Gasteiger charge is -2.12. The Bertz CT molecular complexity index is 332. The molecule has 0 spiro atoms. The van der Waals surface area contributed by atoms with Gasteiger partial charge < -0.3 is 15.2 Å². The fraction of sp³-hybridized carbons (Fsp3) is 0.500. The van der Waals surface area contributed by atoms with Crippen LogP contribution in [0.5, 0.6) is 5.75 Å². The van der Waals surface area contributed by atoms with Gasteiger partial charge in [0.1, 0.15) is 12.4 Å². The van der Waals surface area contributed by atoms with Gasteiger partial charge in [0.15, 0.2) is 0 Å². The maximum atomic E-state index is 5.73. The Balaban J connectivity index is 1.90. The monoisotopic (exact) mass is 207 g/mol. The van der Waals surface area contributed by atoms with Gasteiger partial charge in [-0.1, -0.05) is 0 Å². The Morgan fingerprint density at radius 3 is 3.07 bits per heavy atom. The highest BCUT2D eigenvalue weighted by Crippen LogP contribution is 2.20. The van der Waals surface area contributed by atoms with Crippen LogP contribution in [0, 0.1) is 6.92 Å². The molecule has 3 heteroatoms. The first kappa shape index (κ1) is 10.3. The first-order valence-electron chi connectivity index (χ1n) is 5.36. The summed E-state index contributed by atoms with van der Waals surface area (Å²) < 4.78 is 11.1. The van der Waals surface area contributed by atoms with Crippen molar-refractivity contribution >= 4 is 5.69 Å². The lowest BCUT2D eigenvalue weighted by atomic mass is 10.2. The van der Waals surface area contributed by atoms with E-state index in [1.165, 1.54) is 0 Å². The zero-order valence-electron chi connectivity index (χ0n) is 9.03. The van der Waals surface area contributed by atoms with E-state index in [4.69, 9.17) is 15.2 Å². The van der Waals surface area contributed by atoms with Crippen molar-refractivity contribution in [2.45, 2.75) is 25.9 Å². The second-order valence-electron chi connectivity index (χ2n) is 3.96. The molecule has 3 nitrogen and oxygen atoms in total. The van der Waals surface area contributed by atoms with Crippen molar-refractivity contribution in [1.82, 2.24) is 0 Å². The van der Waals surface area contributed by atoms with E-state index >= 15 is 0 Å². The van der Waals surface area contributed by atoms with Crippen LogP contribution >= 0.6 is 0 Å². The standard InChI is InChI=1S/C12H17NO2/c1-9-7-10(4-5-12(9)13)15-8-11-3-2-6-14-11/h4-5,7,11H,2-3,6,8,13H2,1H3/t11-/m1/s1. The van der Waals surface area contributed by atoms with Crippen LogP contribution in [-0.2, 0) is 4.74 Å². The Morgan fingerprint density at radius 2 is 2.40 bits per heavy atom. The summed E-state index contributed by atoms with van der Waals surface area (Å²) in [6, 6.07) is 5.74. The molecule has 1 fully saturated rings. The average molecular weight is 207 g/mol. The third-order valence-electron chi connectivity index (χ3n) is 2.70. The summed E-state index contributed by atoms with van der Waals surface area (Å²) in [7, 11) is 0. The van der Waals surface area contributed by atoms with Gasteiger partial charge in [-0.2, -0.15) is 0 Å². The lowest BCUT2D eigenvalue weighted by Crippen LogP contribution is -2.16. The highest BCUT2D eigenvalue weighted by Gasteiger charge is 2.15. The second kappa shape index (κ2) is 4.53. The lowest BCUT2D eigenvalue weighted by molar-refractivity contribution is 0.0679. The van der Waals surface area contributed by atoms with Gasteiger partial charge in [-0.25, -0.2) is 0 Å². The summed E-state index contributed by atoms with van der Waals surface area (Å²) in [6.07, 6.45) is 2.52. The van der Waals surface area contributed by atoms with Crippen molar-refractivity contribution in [2.24, 2.45) is 0 Å². The van der Waals surface area contributed by atoms with Gasteiger partial charge in [0.05, 0.1) is 6.10 Å². The maximum absolute atomic E-state index is 5.73. The number of anilines is 1. The van der Waals surface area contributed by atoms with Gasteiger partial charge in [0.2, 0.25) is 0 Å². The minimum absolute atomic E-state index is 0.267. The van der Waals surface area contributed by atoms with Gasteiger partial charge in [-0.05, 0) is 43.5 Å². The number of nitrogens with two attached hydrogens (primary N) is 1. The Kier molecular flexibility index (Phi) is 3.11. The normalized spacial score (nSPS) is 20.5. The van der Waals surface area contributed by atoms with E-state index in [0.717, 1.165) is 36.4 Å². The molecule has 1 heterocycles. The minimum atomic E-state index is 0.267. The van der Waals surface area contributed by atoms with E-state index in [0.29, 0.717) is 6.61 Å². The number of hydrogen-bond donors (Lipinski definition) is 1. The summed E-state index contributed by atoms with van der Waals surface area (Å²) >= 11 is 0. The number of aryl methyl sites for hydroxylation is 1. The van der Waals surface area contributed by atoms with E-state index in [1.54, 1.807) is 0 Å². The molecule has 82 valence electrons. The minimum Gasteiger partial charge on any atom is -0.491 e. The number of nitrogen functional groups attached to an aromatic ring is 1. The highest BCUT2D eigenvalue weighted by molar-refractivity contribution is 5.49. The Labute approximate surface area is 90.2 Å². The van der Waals surface area contributed by atoms with Crippen LogP contribution in [0.15, 0.2) is 18.2 Å². The molecular weight excluding hydrogens is 190 g/mol. The maximum Gasteiger partial charge on any atom is 0.119 e. The van der Waals surface area contributed by atoms with E-state index in [9.17, 15) is 0 Å². The molecule has 0 bridgehead atoms. The predicted octanol–water partition coefficient (Wildman–Crippen LogP) is 2.14. The Hall–Kier alpha value is -1.22. The molecule has 0 saturated carbocycles. The molecule has 15 heavy (non-hydrogen) atoms. The molecular formula is C12H17NO2. The van der Waals surface area contributed by atoms with Crippen LogP contribution in [0.1, 0.15) is 18.4 Å². The fourth-order valence-electron chi connectivity index (χ4n) is 1.70. The zero-order valence-corrected chi connectivity index (χ0v) is 9.03. The molecule has 0 aromatic heterocycles. The fourth-order valence-corrected chi connectivity index (χ4v) is 1.70. The zero-order chi connectivity index (χ0) is 10.7. The number of hydrogen-bond acceptors (Lipinski definition) is 3.